The molecule has 0 radical (unpaired) electrons. The predicted molar refractivity (Wildman–Crippen MR) is 70.1 cm³/mol. The van der Waals surface area contributed by atoms with Gasteiger partial charge in [0.1, 0.15) is 5.75 Å². The molecular weight excluding hydrogens is 212 g/mol. The van der Waals surface area contributed by atoms with Crippen molar-refractivity contribution in [1.82, 2.24) is 10.2 Å². The fourth-order valence-corrected chi connectivity index (χ4v) is 2.83. The van der Waals surface area contributed by atoms with Gasteiger partial charge in [-0.3, -0.25) is 0 Å². The Balaban J connectivity index is 2.12. The largest absolute Gasteiger partial charge is 0.508 e. The van der Waals surface area contributed by atoms with Crippen LogP contribution in [0.4, 0.5) is 0 Å². The van der Waals surface area contributed by atoms with Gasteiger partial charge in [-0.15, -0.1) is 0 Å². The van der Waals surface area contributed by atoms with E-state index in [0.717, 1.165) is 6.54 Å². The van der Waals surface area contributed by atoms with Gasteiger partial charge in [-0.1, -0.05) is 12.1 Å². The quantitative estimate of drug-likeness (QED) is 0.839. The van der Waals surface area contributed by atoms with Crippen molar-refractivity contribution in [2.75, 3.05) is 27.2 Å². The van der Waals surface area contributed by atoms with E-state index in [2.05, 4.69) is 17.3 Å². The van der Waals surface area contributed by atoms with Crippen molar-refractivity contribution < 1.29 is 5.11 Å². The van der Waals surface area contributed by atoms with Crippen LogP contribution in [0.3, 0.4) is 0 Å². The number of nitrogens with one attached hydrogen (secondary N) is 1. The lowest BCUT2D eigenvalue weighted by molar-refractivity contribution is 0.177. The maximum Gasteiger partial charge on any atom is 0.115 e. The number of likely N-dealkylation sites (tertiary alicyclic amines) is 1. The standard InChI is InChI=1S/C14H22N2O/c1-15-14(11-5-7-13(17)8-6-11)12-4-3-9-16(2)10-12/h5-8,12,14-15,17H,3-4,9-10H2,1-2H3. The van der Waals surface area contributed by atoms with Crippen LogP contribution in [0.15, 0.2) is 24.3 Å². The highest BCUT2D eigenvalue weighted by molar-refractivity contribution is 5.28. The molecule has 0 amide bonds. The normalized spacial score (nSPS) is 23.5. The van der Waals surface area contributed by atoms with Gasteiger partial charge in [-0.05, 0) is 57.1 Å². The molecule has 1 heterocycles. The first-order chi connectivity index (χ1) is 8.20. The van der Waals surface area contributed by atoms with E-state index < -0.39 is 0 Å². The predicted octanol–water partition coefficient (Wildman–Crippen LogP) is 1.99. The van der Waals surface area contributed by atoms with Crippen molar-refractivity contribution >= 4 is 0 Å². The fraction of sp³-hybridized carbons (Fsp3) is 0.571. The number of aromatic hydroxyl groups is 1. The molecule has 2 N–H and O–H groups in total. The molecule has 1 aliphatic heterocycles. The van der Waals surface area contributed by atoms with E-state index in [1.54, 1.807) is 12.1 Å². The smallest absolute Gasteiger partial charge is 0.115 e. The minimum atomic E-state index is 0.337. The van der Waals surface area contributed by atoms with E-state index in [4.69, 9.17) is 0 Å². The van der Waals surface area contributed by atoms with Gasteiger partial charge in [-0.2, -0.15) is 0 Å². The van der Waals surface area contributed by atoms with Gasteiger partial charge >= 0.3 is 0 Å². The molecule has 1 aromatic rings. The van der Waals surface area contributed by atoms with Gasteiger partial charge in [0.05, 0.1) is 0 Å². The Kier molecular flexibility index (Phi) is 4.02. The lowest BCUT2D eigenvalue weighted by Gasteiger charge is -2.35. The second-order valence-corrected chi connectivity index (χ2v) is 5.02. The van der Waals surface area contributed by atoms with Gasteiger partial charge in [0.15, 0.2) is 0 Å². The molecule has 17 heavy (non-hydrogen) atoms. The third-order valence-electron chi connectivity index (χ3n) is 3.70. The number of nitrogens with zero attached hydrogens (tertiary/aromatic N) is 1. The lowest BCUT2D eigenvalue weighted by atomic mass is 9.86. The zero-order valence-electron chi connectivity index (χ0n) is 10.7. The average molecular weight is 234 g/mol. The van der Waals surface area contributed by atoms with Gasteiger partial charge < -0.3 is 15.3 Å². The maximum atomic E-state index is 9.33. The zero-order chi connectivity index (χ0) is 12.3. The molecule has 3 nitrogen and oxygen atoms in total. The molecule has 1 aromatic carbocycles. The number of hydrogen-bond acceptors (Lipinski definition) is 3. The Morgan fingerprint density at radius 2 is 2.06 bits per heavy atom. The molecule has 1 saturated heterocycles. The Morgan fingerprint density at radius 1 is 1.35 bits per heavy atom. The number of phenolic OH excluding ortho intramolecular Hbond substituents is 1. The molecule has 2 unspecified atom stereocenters. The Hall–Kier alpha value is -1.06. The van der Waals surface area contributed by atoms with Crippen molar-refractivity contribution in [3.63, 3.8) is 0 Å². The summed E-state index contributed by atoms with van der Waals surface area (Å²) < 4.78 is 0. The van der Waals surface area contributed by atoms with Crippen molar-refractivity contribution in [3.8, 4) is 5.75 Å². The van der Waals surface area contributed by atoms with E-state index in [0.29, 0.717) is 17.7 Å². The third-order valence-corrected chi connectivity index (χ3v) is 3.70. The summed E-state index contributed by atoms with van der Waals surface area (Å²) in [5, 5.41) is 12.8. The maximum absolute atomic E-state index is 9.33. The van der Waals surface area contributed by atoms with Crippen molar-refractivity contribution in [3.05, 3.63) is 29.8 Å². The van der Waals surface area contributed by atoms with Crippen LogP contribution < -0.4 is 5.32 Å². The first-order valence-electron chi connectivity index (χ1n) is 6.35. The first-order valence-corrected chi connectivity index (χ1v) is 6.35. The average Bonchev–Trinajstić information content (AvgIpc) is 2.33. The van der Waals surface area contributed by atoms with Crippen LogP contribution in [0.2, 0.25) is 0 Å². The van der Waals surface area contributed by atoms with Crippen LogP contribution in [0, 0.1) is 5.92 Å². The fourth-order valence-electron chi connectivity index (χ4n) is 2.83. The van der Waals surface area contributed by atoms with Crippen LogP contribution in [0.1, 0.15) is 24.4 Å². The highest BCUT2D eigenvalue weighted by Gasteiger charge is 2.25. The first kappa shape index (κ1) is 12.4. The highest BCUT2D eigenvalue weighted by atomic mass is 16.3. The van der Waals surface area contributed by atoms with E-state index >= 15 is 0 Å². The molecule has 0 aliphatic carbocycles. The summed E-state index contributed by atoms with van der Waals surface area (Å²) in [7, 11) is 4.21. The van der Waals surface area contributed by atoms with Crippen LogP contribution in [-0.4, -0.2) is 37.2 Å². The summed E-state index contributed by atoms with van der Waals surface area (Å²) in [4.78, 5) is 2.40. The summed E-state index contributed by atoms with van der Waals surface area (Å²) in [6, 6.07) is 7.97. The van der Waals surface area contributed by atoms with Crippen molar-refractivity contribution in [1.29, 1.82) is 0 Å². The number of hydrogen-bond donors (Lipinski definition) is 2. The minimum absolute atomic E-state index is 0.337. The van der Waals surface area contributed by atoms with E-state index in [1.165, 1.54) is 24.9 Å². The van der Waals surface area contributed by atoms with Gasteiger partial charge in [0.2, 0.25) is 0 Å². The second kappa shape index (κ2) is 5.52. The molecule has 0 saturated carbocycles. The van der Waals surface area contributed by atoms with Crippen LogP contribution in [0.25, 0.3) is 0 Å². The Morgan fingerprint density at radius 3 is 2.65 bits per heavy atom. The number of phenols is 1. The minimum Gasteiger partial charge on any atom is -0.508 e. The summed E-state index contributed by atoms with van der Waals surface area (Å²) in [6.45, 7) is 2.36. The number of benzene rings is 1. The van der Waals surface area contributed by atoms with Crippen LogP contribution >= 0.6 is 0 Å². The molecule has 0 aromatic heterocycles. The van der Waals surface area contributed by atoms with E-state index in [-0.39, 0.29) is 0 Å². The third kappa shape index (κ3) is 2.99. The molecule has 2 atom stereocenters. The van der Waals surface area contributed by atoms with Crippen LogP contribution in [0.5, 0.6) is 5.75 Å². The van der Waals surface area contributed by atoms with Gasteiger partial charge in [0, 0.05) is 12.6 Å². The molecule has 0 bridgehead atoms. The van der Waals surface area contributed by atoms with Crippen LogP contribution in [-0.2, 0) is 0 Å². The highest BCUT2D eigenvalue weighted by Crippen LogP contribution is 2.29. The topological polar surface area (TPSA) is 35.5 Å². The molecule has 2 rings (SSSR count). The molecular formula is C14H22N2O. The molecule has 1 fully saturated rings. The molecule has 1 aliphatic rings. The van der Waals surface area contributed by atoms with E-state index in [1.807, 2.05) is 19.2 Å². The molecule has 0 spiro atoms. The summed E-state index contributed by atoms with van der Waals surface area (Å²) >= 11 is 0. The Bertz CT molecular complexity index is 350. The SMILES string of the molecule is CNC(c1ccc(O)cc1)C1CCCN(C)C1. The van der Waals surface area contributed by atoms with E-state index in [9.17, 15) is 5.11 Å². The zero-order valence-corrected chi connectivity index (χ0v) is 10.7. The second-order valence-electron chi connectivity index (χ2n) is 5.02. The summed E-state index contributed by atoms with van der Waals surface area (Å²) in [5.74, 6) is 0.993. The Labute approximate surface area is 103 Å². The molecule has 94 valence electrons. The molecule has 3 heteroatoms. The monoisotopic (exact) mass is 234 g/mol. The number of rotatable bonds is 3. The van der Waals surface area contributed by atoms with Crippen molar-refractivity contribution in [2.45, 2.75) is 18.9 Å². The van der Waals surface area contributed by atoms with Gasteiger partial charge in [0.25, 0.3) is 0 Å². The van der Waals surface area contributed by atoms with Gasteiger partial charge in [-0.25, -0.2) is 0 Å². The lowest BCUT2D eigenvalue weighted by Crippen LogP contribution is -2.38. The number of piperidine rings is 1. The van der Waals surface area contributed by atoms with Crippen molar-refractivity contribution in [2.24, 2.45) is 5.92 Å². The summed E-state index contributed by atoms with van der Waals surface area (Å²) in [6.07, 6.45) is 2.55. The summed E-state index contributed by atoms with van der Waals surface area (Å²) in [5.41, 5.74) is 1.27.